The SMILES string of the molecule is Cc1nnc2c3ccccc3c(N[C@@H](C)[C@H](c3ccc(CCl)cc3)N(C)C)nn12. The molecule has 0 bridgehead atoms. The fourth-order valence-corrected chi connectivity index (χ4v) is 4.10. The van der Waals surface area contributed by atoms with Crippen molar-refractivity contribution in [1.82, 2.24) is 24.7 Å². The number of aryl methyl sites for hydroxylation is 1. The lowest BCUT2D eigenvalue weighted by Gasteiger charge is -2.31. The fraction of sp³-hybridized carbons (Fsp3) is 0.318. The zero-order valence-electron chi connectivity index (χ0n) is 17.1. The van der Waals surface area contributed by atoms with Crippen LogP contribution in [0.15, 0.2) is 48.5 Å². The molecule has 0 amide bonds. The van der Waals surface area contributed by atoms with Crippen molar-refractivity contribution in [2.24, 2.45) is 0 Å². The van der Waals surface area contributed by atoms with Gasteiger partial charge < -0.3 is 10.2 Å². The molecule has 0 fully saturated rings. The van der Waals surface area contributed by atoms with Gasteiger partial charge in [-0.1, -0.05) is 48.5 Å². The van der Waals surface area contributed by atoms with Crippen molar-refractivity contribution in [2.75, 3.05) is 19.4 Å². The van der Waals surface area contributed by atoms with E-state index in [0.717, 1.165) is 33.6 Å². The number of anilines is 1. The average Bonchev–Trinajstić information content (AvgIpc) is 3.09. The molecule has 29 heavy (non-hydrogen) atoms. The molecule has 0 aliphatic carbocycles. The molecule has 2 heterocycles. The van der Waals surface area contributed by atoms with Crippen LogP contribution < -0.4 is 5.32 Å². The third kappa shape index (κ3) is 3.66. The minimum Gasteiger partial charge on any atom is -0.364 e. The van der Waals surface area contributed by atoms with Crippen molar-refractivity contribution in [1.29, 1.82) is 0 Å². The third-order valence-electron chi connectivity index (χ3n) is 5.29. The second kappa shape index (κ2) is 7.97. The summed E-state index contributed by atoms with van der Waals surface area (Å²) in [4.78, 5) is 2.22. The molecule has 0 saturated carbocycles. The quantitative estimate of drug-likeness (QED) is 0.478. The Morgan fingerprint density at radius 3 is 2.38 bits per heavy atom. The van der Waals surface area contributed by atoms with Crippen molar-refractivity contribution < 1.29 is 0 Å². The Balaban J connectivity index is 1.74. The zero-order chi connectivity index (χ0) is 20.5. The summed E-state index contributed by atoms with van der Waals surface area (Å²) in [6, 6.07) is 16.9. The molecule has 2 atom stereocenters. The summed E-state index contributed by atoms with van der Waals surface area (Å²) >= 11 is 5.95. The van der Waals surface area contributed by atoms with E-state index in [9.17, 15) is 0 Å². The van der Waals surface area contributed by atoms with Crippen LogP contribution in [0.5, 0.6) is 0 Å². The molecule has 2 aromatic heterocycles. The topological polar surface area (TPSA) is 58.4 Å². The predicted octanol–water partition coefficient (Wildman–Crippen LogP) is 4.43. The highest BCUT2D eigenvalue weighted by atomic mass is 35.5. The van der Waals surface area contributed by atoms with E-state index >= 15 is 0 Å². The zero-order valence-corrected chi connectivity index (χ0v) is 17.9. The Hall–Kier alpha value is -2.70. The maximum atomic E-state index is 5.95. The van der Waals surface area contributed by atoms with E-state index in [1.807, 2.05) is 19.1 Å². The number of benzene rings is 2. The predicted molar refractivity (Wildman–Crippen MR) is 119 cm³/mol. The minimum absolute atomic E-state index is 0.108. The number of nitrogens with zero attached hydrogens (tertiary/aromatic N) is 5. The Kier molecular flexibility index (Phi) is 5.39. The van der Waals surface area contributed by atoms with E-state index in [4.69, 9.17) is 16.7 Å². The van der Waals surface area contributed by atoms with Crippen molar-refractivity contribution in [3.05, 3.63) is 65.5 Å². The van der Waals surface area contributed by atoms with Gasteiger partial charge in [-0.05, 0) is 39.1 Å². The standard InChI is InChI=1S/C22H25ClN6/c1-14(20(28(3)4)17-11-9-16(13-23)10-12-17)24-21-18-7-5-6-8-19(18)22-26-25-15(2)29(22)27-21/h5-12,14,20H,13H2,1-4H3,(H,24,27)/t14-,20+/m0/s1. The summed E-state index contributed by atoms with van der Waals surface area (Å²) in [5.74, 6) is 2.12. The first-order chi connectivity index (χ1) is 14.0. The lowest BCUT2D eigenvalue weighted by atomic mass is 9.98. The molecule has 0 radical (unpaired) electrons. The van der Waals surface area contributed by atoms with E-state index in [1.54, 1.807) is 4.52 Å². The molecule has 4 rings (SSSR count). The summed E-state index contributed by atoms with van der Waals surface area (Å²) in [5, 5.41) is 19.0. The Morgan fingerprint density at radius 2 is 1.72 bits per heavy atom. The second-order valence-corrected chi connectivity index (χ2v) is 7.86. The van der Waals surface area contributed by atoms with Crippen LogP contribution in [0, 0.1) is 6.92 Å². The lowest BCUT2D eigenvalue weighted by molar-refractivity contribution is 0.275. The summed E-state index contributed by atoms with van der Waals surface area (Å²) in [7, 11) is 4.19. The Morgan fingerprint density at radius 1 is 1.03 bits per heavy atom. The first-order valence-electron chi connectivity index (χ1n) is 9.68. The van der Waals surface area contributed by atoms with Crippen molar-refractivity contribution in [3.8, 4) is 0 Å². The summed E-state index contributed by atoms with van der Waals surface area (Å²) in [6.07, 6.45) is 0. The van der Waals surface area contributed by atoms with E-state index in [0.29, 0.717) is 5.88 Å². The largest absolute Gasteiger partial charge is 0.364 e. The average molecular weight is 409 g/mol. The van der Waals surface area contributed by atoms with Gasteiger partial charge in [-0.2, -0.15) is 4.52 Å². The van der Waals surface area contributed by atoms with Gasteiger partial charge in [0.1, 0.15) is 0 Å². The Bertz CT molecular complexity index is 1140. The molecule has 6 nitrogen and oxygen atoms in total. The minimum atomic E-state index is 0.108. The highest BCUT2D eigenvalue weighted by Gasteiger charge is 2.23. The van der Waals surface area contributed by atoms with Gasteiger partial charge in [0.15, 0.2) is 17.3 Å². The van der Waals surface area contributed by atoms with Crippen molar-refractivity contribution in [3.63, 3.8) is 0 Å². The van der Waals surface area contributed by atoms with Gasteiger partial charge in [-0.15, -0.1) is 26.9 Å². The number of rotatable bonds is 6. The molecular formula is C22H25ClN6. The summed E-state index contributed by atoms with van der Waals surface area (Å²) < 4.78 is 1.80. The van der Waals surface area contributed by atoms with Crippen molar-refractivity contribution in [2.45, 2.75) is 31.8 Å². The molecular weight excluding hydrogens is 384 g/mol. The van der Waals surface area contributed by atoms with Crippen molar-refractivity contribution >= 4 is 33.8 Å². The maximum absolute atomic E-state index is 5.95. The molecule has 0 saturated heterocycles. The van der Waals surface area contributed by atoms with E-state index in [-0.39, 0.29) is 12.1 Å². The molecule has 0 unspecified atom stereocenters. The van der Waals surface area contributed by atoms with Crippen LogP contribution in [-0.4, -0.2) is 44.8 Å². The highest BCUT2D eigenvalue weighted by molar-refractivity contribution is 6.17. The maximum Gasteiger partial charge on any atom is 0.185 e. The summed E-state index contributed by atoms with van der Waals surface area (Å²) in [6.45, 7) is 4.09. The van der Waals surface area contributed by atoms with E-state index in [1.165, 1.54) is 5.56 Å². The number of halogens is 1. The van der Waals surface area contributed by atoms with Gasteiger partial charge >= 0.3 is 0 Å². The summed E-state index contributed by atoms with van der Waals surface area (Å²) in [5.41, 5.74) is 3.13. The molecule has 7 heteroatoms. The molecule has 0 aliphatic heterocycles. The van der Waals surface area contributed by atoms with E-state index in [2.05, 4.69) is 77.8 Å². The molecule has 2 aromatic carbocycles. The van der Waals surface area contributed by atoms with Gasteiger partial charge in [-0.25, -0.2) is 0 Å². The van der Waals surface area contributed by atoms with Crippen LogP contribution in [0.25, 0.3) is 16.4 Å². The molecule has 0 spiro atoms. The molecule has 150 valence electrons. The van der Waals surface area contributed by atoms with Crippen LogP contribution in [-0.2, 0) is 5.88 Å². The van der Waals surface area contributed by atoms with Crippen LogP contribution in [0.1, 0.15) is 29.9 Å². The number of aromatic nitrogens is 4. The van der Waals surface area contributed by atoms with Crippen LogP contribution in [0.3, 0.4) is 0 Å². The monoisotopic (exact) mass is 408 g/mol. The van der Waals surface area contributed by atoms with Gasteiger partial charge in [0.2, 0.25) is 0 Å². The number of fused-ring (bicyclic) bond motifs is 3. The van der Waals surface area contributed by atoms with Gasteiger partial charge in [0.25, 0.3) is 0 Å². The smallest absolute Gasteiger partial charge is 0.185 e. The third-order valence-corrected chi connectivity index (χ3v) is 5.60. The lowest BCUT2D eigenvalue weighted by Crippen LogP contribution is -2.34. The van der Waals surface area contributed by atoms with Gasteiger partial charge in [-0.3, -0.25) is 0 Å². The molecule has 0 aliphatic rings. The van der Waals surface area contributed by atoms with Gasteiger partial charge in [0, 0.05) is 22.7 Å². The van der Waals surface area contributed by atoms with Crippen LogP contribution in [0.4, 0.5) is 5.82 Å². The fourth-order valence-electron chi connectivity index (χ4n) is 3.92. The number of likely N-dealkylation sites (N-methyl/N-ethyl adjacent to an activating group) is 1. The van der Waals surface area contributed by atoms with E-state index < -0.39 is 0 Å². The molecule has 1 N–H and O–H groups in total. The number of hydrogen-bond donors (Lipinski definition) is 1. The number of hydrogen-bond acceptors (Lipinski definition) is 5. The second-order valence-electron chi connectivity index (χ2n) is 7.59. The number of nitrogens with one attached hydrogen (secondary N) is 1. The first-order valence-corrected chi connectivity index (χ1v) is 10.2. The highest BCUT2D eigenvalue weighted by Crippen LogP contribution is 2.29. The van der Waals surface area contributed by atoms with Crippen LogP contribution in [0.2, 0.25) is 0 Å². The normalized spacial score (nSPS) is 13.9. The number of alkyl halides is 1. The Labute approximate surface area is 175 Å². The van der Waals surface area contributed by atoms with Gasteiger partial charge in [0.05, 0.1) is 6.04 Å². The van der Waals surface area contributed by atoms with Crippen LogP contribution >= 0.6 is 11.6 Å². The first kappa shape index (κ1) is 19.6. The molecule has 4 aromatic rings.